The molecule has 5 heteroatoms. The molecule has 108 valence electrons. The average molecular weight is 283 g/mol. The fourth-order valence-electron chi connectivity index (χ4n) is 2.31. The zero-order valence-electron chi connectivity index (χ0n) is 12.1. The zero-order chi connectivity index (χ0) is 14.8. The van der Waals surface area contributed by atoms with Gasteiger partial charge < -0.3 is 14.5 Å². The average Bonchev–Trinajstić information content (AvgIpc) is 2.53. The van der Waals surface area contributed by atoms with Crippen LogP contribution in [0.25, 0.3) is 0 Å². The molecular formula is C16H17N3O2. The number of carbonyl (C=O) groups excluding carboxylic acids is 1. The Morgan fingerprint density at radius 2 is 2.05 bits per heavy atom. The lowest BCUT2D eigenvalue weighted by atomic mass is 10.2. The van der Waals surface area contributed by atoms with Crippen LogP contribution in [0.15, 0.2) is 42.6 Å². The summed E-state index contributed by atoms with van der Waals surface area (Å²) in [6.45, 7) is 1.05. The van der Waals surface area contributed by atoms with Gasteiger partial charge >= 0.3 is 0 Å². The SMILES string of the molecule is CN(C)c1ccc(C(=O)N2CCOc3ccccc32)cn1. The van der Waals surface area contributed by atoms with Crippen molar-refractivity contribution in [3.63, 3.8) is 0 Å². The summed E-state index contributed by atoms with van der Waals surface area (Å²) in [5.74, 6) is 1.52. The molecule has 0 radical (unpaired) electrons. The third kappa shape index (κ3) is 2.54. The van der Waals surface area contributed by atoms with Crippen LogP contribution in [0.3, 0.4) is 0 Å². The van der Waals surface area contributed by atoms with E-state index in [9.17, 15) is 4.79 Å². The van der Waals surface area contributed by atoms with Crippen LogP contribution in [0, 0.1) is 0 Å². The fraction of sp³-hybridized carbons (Fsp3) is 0.250. The first-order valence-electron chi connectivity index (χ1n) is 6.84. The molecule has 0 N–H and O–H groups in total. The van der Waals surface area contributed by atoms with E-state index in [0.29, 0.717) is 18.7 Å². The lowest BCUT2D eigenvalue weighted by molar-refractivity contribution is 0.0976. The number of para-hydroxylation sites is 2. The lowest BCUT2D eigenvalue weighted by Crippen LogP contribution is -2.38. The molecule has 0 fully saturated rings. The minimum atomic E-state index is -0.0523. The van der Waals surface area contributed by atoms with Crippen molar-refractivity contribution in [3.8, 4) is 5.75 Å². The highest BCUT2D eigenvalue weighted by Crippen LogP contribution is 2.31. The first-order chi connectivity index (χ1) is 10.2. The number of carbonyl (C=O) groups is 1. The van der Waals surface area contributed by atoms with E-state index in [-0.39, 0.29) is 5.91 Å². The molecule has 2 heterocycles. The van der Waals surface area contributed by atoms with Crippen molar-refractivity contribution in [1.29, 1.82) is 0 Å². The summed E-state index contributed by atoms with van der Waals surface area (Å²) in [7, 11) is 3.84. The Hall–Kier alpha value is -2.56. The van der Waals surface area contributed by atoms with Gasteiger partial charge in [-0.25, -0.2) is 4.98 Å². The number of hydrogen-bond donors (Lipinski definition) is 0. The molecular weight excluding hydrogens is 266 g/mol. The van der Waals surface area contributed by atoms with Crippen LogP contribution >= 0.6 is 0 Å². The van der Waals surface area contributed by atoms with Crippen molar-refractivity contribution >= 4 is 17.4 Å². The van der Waals surface area contributed by atoms with Gasteiger partial charge in [0.25, 0.3) is 5.91 Å². The molecule has 1 amide bonds. The van der Waals surface area contributed by atoms with Gasteiger partial charge in [-0.3, -0.25) is 4.79 Å². The Labute approximate surface area is 123 Å². The number of anilines is 2. The van der Waals surface area contributed by atoms with E-state index in [1.165, 1.54) is 0 Å². The monoisotopic (exact) mass is 283 g/mol. The van der Waals surface area contributed by atoms with Crippen molar-refractivity contribution in [3.05, 3.63) is 48.2 Å². The molecule has 0 aliphatic carbocycles. The second kappa shape index (κ2) is 5.44. The van der Waals surface area contributed by atoms with Gasteiger partial charge in [0.15, 0.2) is 0 Å². The van der Waals surface area contributed by atoms with Crippen LogP contribution < -0.4 is 14.5 Å². The Kier molecular flexibility index (Phi) is 3.48. The zero-order valence-corrected chi connectivity index (χ0v) is 12.1. The number of fused-ring (bicyclic) bond motifs is 1. The fourth-order valence-corrected chi connectivity index (χ4v) is 2.31. The maximum absolute atomic E-state index is 12.7. The van der Waals surface area contributed by atoms with E-state index in [1.807, 2.05) is 55.4 Å². The normalized spacial score (nSPS) is 13.3. The summed E-state index contributed by atoms with van der Waals surface area (Å²) < 4.78 is 5.57. The molecule has 0 spiro atoms. The van der Waals surface area contributed by atoms with Gasteiger partial charge in [0, 0.05) is 20.3 Å². The molecule has 1 aliphatic heterocycles. The van der Waals surface area contributed by atoms with E-state index in [4.69, 9.17) is 4.74 Å². The van der Waals surface area contributed by atoms with Crippen molar-refractivity contribution in [2.24, 2.45) is 0 Å². The van der Waals surface area contributed by atoms with Crippen molar-refractivity contribution < 1.29 is 9.53 Å². The predicted molar refractivity (Wildman–Crippen MR) is 82.2 cm³/mol. The predicted octanol–water partition coefficient (Wildman–Crippen LogP) is 2.19. The van der Waals surface area contributed by atoms with E-state index >= 15 is 0 Å². The summed E-state index contributed by atoms with van der Waals surface area (Å²) >= 11 is 0. The largest absolute Gasteiger partial charge is 0.490 e. The molecule has 5 nitrogen and oxygen atoms in total. The molecule has 0 bridgehead atoms. The topological polar surface area (TPSA) is 45.7 Å². The molecule has 1 aromatic heterocycles. The highest BCUT2D eigenvalue weighted by atomic mass is 16.5. The van der Waals surface area contributed by atoms with E-state index in [1.54, 1.807) is 11.1 Å². The highest BCUT2D eigenvalue weighted by Gasteiger charge is 2.24. The number of aromatic nitrogens is 1. The minimum Gasteiger partial charge on any atom is -0.490 e. The molecule has 2 aromatic rings. The highest BCUT2D eigenvalue weighted by molar-refractivity contribution is 6.07. The number of ether oxygens (including phenoxy) is 1. The molecule has 1 aromatic carbocycles. The first kappa shape index (κ1) is 13.4. The third-order valence-corrected chi connectivity index (χ3v) is 3.43. The number of hydrogen-bond acceptors (Lipinski definition) is 4. The summed E-state index contributed by atoms with van der Waals surface area (Å²) in [6.07, 6.45) is 1.62. The molecule has 0 saturated carbocycles. The van der Waals surface area contributed by atoms with E-state index in [0.717, 1.165) is 17.3 Å². The van der Waals surface area contributed by atoms with Crippen molar-refractivity contribution in [2.45, 2.75) is 0 Å². The van der Waals surface area contributed by atoms with Gasteiger partial charge in [0.2, 0.25) is 0 Å². The van der Waals surface area contributed by atoms with Crippen LogP contribution in [-0.2, 0) is 0 Å². The molecule has 1 aliphatic rings. The number of nitrogens with zero attached hydrogens (tertiary/aromatic N) is 3. The summed E-state index contributed by atoms with van der Waals surface area (Å²) in [6, 6.07) is 11.2. The van der Waals surface area contributed by atoms with Gasteiger partial charge in [-0.15, -0.1) is 0 Å². The number of rotatable bonds is 2. The maximum Gasteiger partial charge on any atom is 0.260 e. The van der Waals surface area contributed by atoms with Gasteiger partial charge in [0.1, 0.15) is 18.2 Å². The van der Waals surface area contributed by atoms with Crippen LogP contribution in [-0.4, -0.2) is 38.1 Å². The summed E-state index contributed by atoms with van der Waals surface area (Å²) in [5.41, 5.74) is 1.39. The smallest absolute Gasteiger partial charge is 0.260 e. The third-order valence-electron chi connectivity index (χ3n) is 3.43. The van der Waals surface area contributed by atoms with Crippen LogP contribution in [0.2, 0.25) is 0 Å². The van der Waals surface area contributed by atoms with E-state index < -0.39 is 0 Å². The van der Waals surface area contributed by atoms with Crippen molar-refractivity contribution in [1.82, 2.24) is 4.98 Å². The molecule has 3 rings (SSSR count). The second-order valence-electron chi connectivity index (χ2n) is 5.07. The van der Waals surface area contributed by atoms with Gasteiger partial charge in [-0.05, 0) is 24.3 Å². The van der Waals surface area contributed by atoms with Gasteiger partial charge in [-0.1, -0.05) is 12.1 Å². The number of amides is 1. The van der Waals surface area contributed by atoms with Crippen LogP contribution in [0.4, 0.5) is 11.5 Å². The Bertz CT molecular complexity index is 653. The molecule has 21 heavy (non-hydrogen) atoms. The first-order valence-corrected chi connectivity index (χ1v) is 6.84. The molecule has 0 atom stereocenters. The maximum atomic E-state index is 12.7. The number of benzene rings is 1. The van der Waals surface area contributed by atoms with Crippen LogP contribution in [0.5, 0.6) is 5.75 Å². The van der Waals surface area contributed by atoms with Crippen LogP contribution in [0.1, 0.15) is 10.4 Å². The molecule has 0 saturated heterocycles. The second-order valence-corrected chi connectivity index (χ2v) is 5.07. The van der Waals surface area contributed by atoms with Crippen molar-refractivity contribution in [2.75, 3.05) is 37.0 Å². The standard InChI is InChI=1S/C16H17N3O2/c1-18(2)15-8-7-12(11-17-15)16(20)19-9-10-21-14-6-4-3-5-13(14)19/h3-8,11H,9-10H2,1-2H3. The van der Waals surface area contributed by atoms with E-state index in [2.05, 4.69) is 4.98 Å². The van der Waals surface area contributed by atoms with Gasteiger partial charge in [-0.2, -0.15) is 0 Å². The number of pyridine rings is 1. The Morgan fingerprint density at radius 1 is 1.24 bits per heavy atom. The lowest BCUT2D eigenvalue weighted by Gasteiger charge is -2.29. The summed E-state index contributed by atoms with van der Waals surface area (Å²) in [4.78, 5) is 20.6. The Balaban J connectivity index is 1.89. The Morgan fingerprint density at radius 3 is 2.76 bits per heavy atom. The van der Waals surface area contributed by atoms with Gasteiger partial charge in [0.05, 0.1) is 17.8 Å². The summed E-state index contributed by atoms with van der Waals surface area (Å²) in [5, 5.41) is 0. The quantitative estimate of drug-likeness (QED) is 0.847. The molecule has 0 unspecified atom stereocenters. The minimum absolute atomic E-state index is 0.0523.